The minimum Gasteiger partial charge on any atom is -0.350 e. The van der Waals surface area contributed by atoms with E-state index in [9.17, 15) is 14.0 Å². The van der Waals surface area contributed by atoms with Crippen LogP contribution in [0.2, 0.25) is 0 Å². The molecule has 116 valence electrons. The van der Waals surface area contributed by atoms with E-state index in [1.165, 1.54) is 15.9 Å². The molecule has 0 aromatic rings. The molecular formula is C13H16Cl2FN3O2. The molecule has 1 heterocycles. The number of carbonyl (C=O) groups excluding carboxylic acids is 2. The molecule has 1 aliphatic carbocycles. The SMILES string of the molecule is CN1CC(C(=O)NCC2=C(Cl)CC(Cl)C=C2F)N(C)C1=O. The zero-order chi connectivity index (χ0) is 15.7. The first-order valence-corrected chi connectivity index (χ1v) is 7.27. The highest BCUT2D eigenvalue weighted by molar-refractivity contribution is 6.32. The average molecular weight is 336 g/mol. The standard InChI is InChI=1S/C13H16Cl2FN3O2/c1-18-6-11(19(2)13(18)21)12(20)17-5-8-9(15)3-7(14)4-10(8)16/h4,7,11H,3,5-6H2,1-2H3,(H,17,20). The molecule has 2 atom stereocenters. The molecule has 1 saturated heterocycles. The molecule has 0 aromatic heterocycles. The summed E-state index contributed by atoms with van der Waals surface area (Å²) in [7, 11) is 3.18. The third-order valence-corrected chi connectivity index (χ3v) is 4.26. The number of nitrogens with one attached hydrogen (secondary N) is 1. The summed E-state index contributed by atoms with van der Waals surface area (Å²) in [4.78, 5) is 26.5. The topological polar surface area (TPSA) is 52.7 Å². The lowest BCUT2D eigenvalue weighted by molar-refractivity contribution is -0.124. The highest BCUT2D eigenvalue weighted by atomic mass is 35.5. The Balaban J connectivity index is 1.98. The second-order valence-electron chi connectivity index (χ2n) is 5.13. The Kier molecular flexibility index (Phi) is 4.78. The number of halogens is 3. The molecule has 2 rings (SSSR count). The van der Waals surface area contributed by atoms with Gasteiger partial charge in [-0.3, -0.25) is 4.79 Å². The second-order valence-corrected chi connectivity index (χ2v) is 6.14. The van der Waals surface area contributed by atoms with Gasteiger partial charge in [-0.05, 0) is 6.08 Å². The van der Waals surface area contributed by atoms with E-state index in [0.717, 1.165) is 0 Å². The van der Waals surface area contributed by atoms with Crippen LogP contribution >= 0.6 is 23.2 Å². The Bertz CT molecular complexity index is 536. The number of hydrogen-bond donors (Lipinski definition) is 1. The van der Waals surface area contributed by atoms with Gasteiger partial charge in [0.15, 0.2) is 0 Å². The first-order valence-electron chi connectivity index (χ1n) is 6.46. The molecule has 0 saturated carbocycles. The number of rotatable bonds is 3. The Hall–Kier alpha value is -1.27. The summed E-state index contributed by atoms with van der Waals surface area (Å²) in [6, 6.07) is -0.806. The number of urea groups is 1. The van der Waals surface area contributed by atoms with Gasteiger partial charge in [0.1, 0.15) is 11.9 Å². The van der Waals surface area contributed by atoms with Crippen molar-refractivity contribution in [3.8, 4) is 0 Å². The van der Waals surface area contributed by atoms with Crippen LogP contribution in [0.4, 0.5) is 9.18 Å². The first kappa shape index (κ1) is 16.1. The molecule has 0 spiro atoms. The Morgan fingerprint density at radius 3 is 2.71 bits per heavy atom. The molecular weight excluding hydrogens is 320 g/mol. The molecule has 0 aromatic carbocycles. The third-order valence-electron chi connectivity index (χ3n) is 3.60. The third kappa shape index (κ3) is 3.32. The van der Waals surface area contributed by atoms with Gasteiger partial charge in [0.05, 0.1) is 11.9 Å². The molecule has 8 heteroatoms. The predicted octanol–water partition coefficient (Wildman–Crippen LogP) is 1.83. The van der Waals surface area contributed by atoms with Gasteiger partial charge in [0, 0.05) is 37.7 Å². The van der Waals surface area contributed by atoms with E-state index in [1.54, 1.807) is 14.1 Å². The van der Waals surface area contributed by atoms with Gasteiger partial charge in [0.25, 0.3) is 0 Å². The van der Waals surface area contributed by atoms with Crippen LogP contribution in [0, 0.1) is 0 Å². The maximum atomic E-state index is 13.8. The lowest BCUT2D eigenvalue weighted by Gasteiger charge is -2.20. The summed E-state index contributed by atoms with van der Waals surface area (Å²) < 4.78 is 13.8. The van der Waals surface area contributed by atoms with E-state index in [-0.39, 0.29) is 24.1 Å². The average Bonchev–Trinajstić information content (AvgIpc) is 2.65. The van der Waals surface area contributed by atoms with Crippen LogP contribution in [0.25, 0.3) is 0 Å². The van der Waals surface area contributed by atoms with Gasteiger partial charge in [-0.2, -0.15) is 0 Å². The normalized spacial score (nSPS) is 26.3. The summed E-state index contributed by atoms with van der Waals surface area (Å²) in [5.41, 5.74) is 0.238. The Labute approximate surface area is 132 Å². The summed E-state index contributed by atoms with van der Waals surface area (Å²) in [5.74, 6) is -0.854. The van der Waals surface area contributed by atoms with Crippen LogP contribution < -0.4 is 5.32 Å². The molecule has 1 aliphatic heterocycles. The maximum Gasteiger partial charge on any atom is 0.320 e. The van der Waals surface area contributed by atoms with Crippen molar-refractivity contribution in [1.29, 1.82) is 0 Å². The van der Waals surface area contributed by atoms with E-state index >= 15 is 0 Å². The van der Waals surface area contributed by atoms with Crippen LogP contribution in [0.5, 0.6) is 0 Å². The summed E-state index contributed by atoms with van der Waals surface area (Å²) in [5, 5.41) is 2.46. The highest BCUT2D eigenvalue weighted by Gasteiger charge is 2.37. The van der Waals surface area contributed by atoms with Crippen LogP contribution in [-0.4, -0.2) is 60.3 Å². The Morgan fingerprint density at radius 2 is 2.19 bits per heavy atom. The van der Waals surface area contributed by atoms with Crippen LogP contribution in [0.15, 0.2) is 22.5 Å². The molecule has 21 heavy (non-hydrogen) atoms. The van der Waals surface area contributed by atoms with Crippen molar-refractivity contribution in [3.05, 3.63) is 22.5 Å². The van der Waals surface area contributed by atoms with Crippen molar-refractivity contribution in [1.82, 2.24) is 15.1 Å². The summed E-state index contributed by atoms with van der Waals surface area (Å²) in [6.07, 6.45) is 1.61. The number of hydrogen-bond acceptors (Lipinski definition) is 2. The van der Waals surface area contributed by atoms with Crippen LogP contribution in [-0.2, 0) is 4.79 Å². The fourth-order valence-electron chi connectivity index (χ4n) is 2.34. The number of nitrogens with zero attached hydrogens (tertiary/aromatic N) is 2. The van der Waals surface area contributed by atoms with E-state index in [0.29, 0.717) is 18.0 Å². The fraction of sp³-hybridized carbons (Fsp3) is 0.538. The van der Waals surface area contributed by atoms with Gasteiger partial charge in [-0.1, -0.05) is 11.6 Å². The lowest BCUT2D eigenvalue weighted by atomic mass is 10.1. The Morgan fingerprint density at radius 1 is 1.52 bits per heavy atom. The predicted molar refractivity (Wildman–Crippen MR) is 78.9 cm³/mol. The monoisotopic (exact) mass is 335 g/mol. The molecule has 0 bridgehead atoms. The summed E-state index contributed by atoms with van der Waals surface area (Å²) in [6.45, 7) is 0.280. The molecule has 5 nitrogen and oxygen atoms in total. The van der Waals surface area contributed by atoms with Crippen molar-refractivity contribution in [2.45, 2.75) is 17.8 Å². The van der Waals surface area contributed by atoms with Crippen molar-refractivity contribution in [2.75, 3.05) is 27.2 Å². The van der Waals surface area contributed by atoms with Gasteiger partial charge in [0.2, 0.25) is 5.91 Å². The number of carbonyl (C=O) groups is 2. The minimum absolute atomic E-state index is 0.0220. The maximum absolute atomic E-state index is 13.8. The number of amides is 3. The van der Waals surface area contributed by atoms with Gasteiger partial charge < -0.3 is 15.1 Å². The van der Waals surface area contributed by atoms with Crippen molar-refractivity contribution >= 4 is 35.1 Å². The van der Waals surface area contributed by atoms with Crippen molar-refractivity contribution in [3.63, 3.8) is 0 Å². The van der Waals surface area contributed by atoms with E-state index < -0.39 is 17.2 Å². The number of alkyl halides is 1. The molecule has 1 N–H and O–H groups in total. The van der Waals surface area contributed by atoms with Gasteiger partial charge in [-0.15, -0.1) is 11.6 Å². The smallest absolute Gasteiger partial charge is 0.320 e. The van der Waals surface area contributed by atoms with E-state index in [1.807, 2.05) is 0 Å². The second kappa shape index (κ2) is 6.23. The zero-order valence-electron chi connectivity index (χ0n) is 11.7. The quantitative estimate of drug-likeness (QED) is 0.800. The van der Waals surface area contributed by atoms with Crippen molar-refractivity contribution < 1.29 is 14.0 Å². The minimum atomic E-state index is -0.585. The van der Waals surface area contributed by atoms with Gasteiger partial charge in [-0.25, -0.2) is 9.18 Å². The van der Waals surface area contributed by atoms with E-state index in [4.69, 9.17) is 23.2 Å². The van der Waals surface area contributed by atoms with Crippen molar-refractivity contribution in [2.24, 2.45) is 0 Å². The molecule has 1 fully saturated rings. The molecule has 2 aliphatic rings. The van der Waals surface area contributed by atoms with E-state index in [2.05, 4.69) is 5.32 Å². The fourth-order valence-corrected chi connectivity index (χ4v) is 3.00. The zero-order valence-corrected chi connectivity index (χ0v) is 13.2. The number of likely N-dealkylation sites (N-methyl/N-ethyl adjacent to an activating group) is 2. The lowest BCUT2D eigenvalue weighted by Crippen LogP contribution is -2.44. The molecule has 0 radical (unpaired) electrons. The molecule has 2 unspecified atom stereocenters. The first-order chi connectivity index (χ1) is 9.81. The highest BCUT2D eigenvalue weighted by Crippen LogP contribution is 2.30. The number of allylic oxidation sites excluding steroid dienone is 2. The van der Waals surface area contributed by atoms with Crippen LogP contribution in [0.3, 0.4) is 0 Å². The van der Waals surface area contributed by atoms with Gasteiger partial charge >= 0.3 is 6.03 Å². The van der Waals surface area contributed by atoms with Crippen LogP contribution in [0.1, 0.15) is 6.42 Å². The largest absolute Gasteiger partial charge is 0.350 e. The summed E-state index contributed by atoms with van der Waals surface area (Å²) >= 11 is 11.8. The molecule has 3 amide bonds.